The zero-order valence-electron chi connectivity index (χ0n) is 39.0. The van der Waals surface area contributed by atoms with Crippen molar-refractivity contribution in [1.29, 1.82) is 0 Å². The Labute approximate surface area is 406 Å². The molecular formula is C51H66Br2IN6O2P. The van der Waals surface area contributed by atoms with Gasteiger partial charge in [-0.15, -0.1) is 0 Å². The maximum Gasteiger partial charge on any atom is 0.200 e. The van der Waals surface area contributed by atoms with Crippen LogP contribution in [-0.4, -0.2) is 69.1 Å². The van der Waals surface area contributed by atoms with Gasteiger partial charge in [0.2, 0.25) is 0 Å². The molecule has 0 spiro atoms. The number of rotatable bonds is 11. The van der Waals surface area contributed by atoms with Gasteiger partial charge in [0.05, 0.1) is 18.0 Å². The number of hydrogen-bond acceptors (Lipinski definition) is 6. The topological polar surface area (TPSA) is 68.4 Å². The fourth-order valence-electron chi connectivity index (χ4n) is 10.3. The van der Waals surface area contributed by atoms with Gasteiger partial charge in [-0.05, 0) is 187 Å². The molecule has 0 aliphatic carbocycles. The summed E-state index contributed by atoms with van der Waals surface area (Å²) in [6, 6.07) is 13.3. The summed E-state index contributed by atoms with van der Waals surface area (Å²) in [5.41, 5.74) is 16.9. The Bertz CT molecular complexity index is 2610. The largest absolute Gasteiger partial charge is 0.371 e. The Morgan fingerprint density at radius 2 is 1.02 bits per heavy atom. The van der Waals surface area contributed by atoms with E-state index in [1.54, 1.807) is 6.66 Å². The van der Waals surface area contributed by atoms with Crippen LogP contribution in [0.4, 0.5) is 11.4 Å². The number of pyridine rings is 2. The normalized spacial score (nSPS) is 16.2. The Morgan fingerprint density at radius 3 is 1.38 bits per heavy atom. The lowest BCUT2D eigenvalue weighted by molar-refractivity contribution is 0.329. The van der Waals surface area contributed by atoms with Crippen molar-refractivity contribution in [2.24, 2.45) is 11.8 Å². The molecule has 2 saturated heterocycles. The van der Waals surface area contributed by atoms with Gasteiger partial charge in [0.15, 0.2) is 7.37 Å². The molecule has 2 aliphatic heterocycles. The first-order valence-corrected chi connectivity index (χ1v) is 28.1. The average molecular weight is 1110 g/mol. The first-order valence-electron chi connectivity index (χ1n) is 22.8. The van der Waals surface area contributed by atoms with Gasteiger partial charge >= 0.3 is 0 Å². The first kappa shape index (κ1) is 48.2. The molecule has 2 aliphatic rings. The third kappa shape index (κ3) is 10.8. The second-order valence-electron chi connectivity index (χ2n) is 18.4. The molecule has 0 N–H and O–H groups in total. The van der Waals surface area contributed by atoms with Crippen LogP contribution in [0.2, 0.25) is 0 Å². The number of piperidine rings is 2. The predicted octanol–water partition coefficient (Wildman–Crippen LogP) is 14.6. The smallest absolute Gasteiger partial charge is 0.200 e. The Kier molecular flexibility index (Phi) is 15.7. The van der Waals surface area contributed by atoms with E-state index in [1.807, 2.05) is 6.92 Å². The molecule has 1 atom stereocenters. The van der Waals surface area contributed by atoms with E-state index in [9.17, 15) is 4.57 Å². The predicted molar refractivity (Wildman–Crippen MR) is 283 cm³/mol. The van der Waals surface area contributed by atoms with Crippen molar-refractivity contribution in [3.63, 3.8) is 0 Å². The van der Waals surface area contributed by atoms with Gasteiger partial charge in [0.25, 0.3) is 0 Å². The molecule has 63 heavy (non-hydrogen) atoms. The molecule has 12 heteroatoms. The van der Waals surface area contributed by atoms with Crippen molar-refractivity contribution in [3.05, 3.63) is 103 Å². The molecule has 8 nitrogen and oxygen atoms in total. The molecular weight excluding hydrogens is 1050 g/mol. The summed E-state index contributed by atoms with van der Waals surface area (Å²) in [7, 11) is -2.44. The Balaban J connectivity index is 0.000000191. The molecule has 0 bridgehead atoms. The second-order valence-corrected chi connectivity index (χ2v) is 24.0. The molecule has 4 aromatic heterocycles. The van der Waals surface area contributed by atoms with E-state index < -0.39 is 7.37 Å². The molecule has 0 saturated carbocycles. The first-order chi connectivity index (χ1) is 30.0. The standard InChI is InChI=1S/C27H37BrN3O2P.C24H29BrIN3/c1-7-33-34(6,32)13-10-22-8-11-30(12-9-22)24-16-21(5)29-27-25(24)20(4)17-31(27)26-18(2)14-23(28)15-19(26)3;1-15-11-20(25)12-16(2)23(15)29-14-17(3)22-21(13-18(4)27-24(22)29)28-9-6-19(5-8-26)7-10-28/h14-17,22H,7-13H2,1-6H3;11-14,19H,5-10H2,1-4H3. The number of aryl methyl sites for hydroxylation is 8. The summed E-state index contributed by atoms with van der Waals surface area (Å²) in [5, 5.41) is 2.56. The van der Waals surface area contributed by atoms with Crippen LogP contribution in [0.15, 0.2) is 57.7 Å². The van der Waals surface area contributed by atoms with Gasteiger partial charge in [-0.25, -0.2) is 9.97 Å². The summed E-state index contributed by atoms with van der Waals surface area (Å²) in [4.78, 5) is 15.1. The maximum absolute atomic E-state index is 12.5. The van der Waals surface area contributed by atoms with Crippen LogP contribution in [0.5, 0.6) is 0 Å². The minimum atomic E-state index is -2.44. The maximum atomic E-state index is 12.5. The molecule has 6 aromatic rings. The highest BCUT2D eigenvalue weighted by Gasteiger charge is 2.27. The molecule has 8 rings (SSSR count). The van der Waals surface area contributed by atoms with Crippen molar-refractivity contribution in [1.82, 2.24) is 19.1 Å². The van der Waals surface area contributed by atoms with E-state index >= 15 is 0 Å². The highest BCUT2D eigenvalue weighted by atomic mass is 127. The molecule has 1 unspecified atom stereocenters. The fourth-order valence-corrected chi connectivity index (χ4v) is 14.0. The monoisotopic (exact) mass is 1110 g/mol. The Hall–Kier alpha value is -2.70. The number of halogens is 3. The quantitative estimate of drug-likeness (QED) is 0.0731. The van der Waals surface area contributed by atoms with Gasteiger partial charge in [-0.1, -0.05) is 54.5 Å². The van der Waals surface area contributed by atoms with E-state index in [-0.39, 0.29) is 0 Å². The van der Waals surface area contributed by atoms with Gasteiger partial charge < -0.3 is 23.5 Å². The highest BCUT2D eigenvalue weighted by Crippen LogP contribution is 2.45. The van der Waals surface area contributed by atoms with E-state index in [2.05, 4.69) is 178 Å². The van der Waals surface area contributed by atoms with Crippen LogP contribution in [0.1, 0.15) is 90.2 Å². The zero-order chi connectivity index (χ0) is 45.3. The van der Waals surface area contributed by atoms with Crippen LogP contribution in [0.25, 0.3) is 33.4 Å². The van der Waals surface area contributed by atoms with Gasteiger partial charge in [-0.2, -0.15) is 0 Å². The van der Waals surface area contributed by atoms with Crippen molar-refractivity contribution < 1.29 is 9.09 Å². The summed E-state index contributed by atoms with van der Waals surface area (Å²) in [5.74, 6) is 1.50. The molecule has 2 fully saturated rings. The zero-order valence-corrected chi connectivity index (χ0v) is 45.3. The van der Waals surface area contributed by atoms with Crippen LogP contribution < -0.4 is 9.80 Å². The summed E-state index contributed by atoms with van der Waals surface area (Å²) in [6.45, 7) is 25.9. The lowest BCUT2D eigenvalue weighted by Crippen LogP contribution is -2.34. The van der Waals surface area contributed by atoms with Crippen LogP contribution in [0.3, 0.4) is 0 Å². The summed E-state index contributed by atoms with van der Waals surface area (Å²) >= 11 is 9.78. The van der Waals surface area contributed by atoms with Crippen LogP contribution >= 0.6 is 61.8 Å². The summed E-state index contributed by atoms with van der Waals surface area (Å²) < 4.78 is 26.1. The van der Waals surface area contributed by atoms with Crippen molar-refractivity contribution in [3.8, 4) is 11.4 Å². The molecule has 2 aromatic carbocycles. The molecule has 338 valence electrons. The summed E-state index contributed by atoms with van der Waals surface area (Å²) in [6.07, 6.45) is 12.4. The minimum absolute atomic E-state index is 0.530. The number of alkyl halides is 1. The van der Waals surface area contributed by atoms with E-state index in [0.717, 1.165) is 83.0 Å². The lowest BCUT2D eigenvalue weighted by atomic mass is 9.93. The van der Waals surface area contributed by atoms with Crippen LogP contribution in [-0.2, 0) is 9.09 Å². The SMILES string of the molecule is CCOP(C)(=O)CCC1CCN(c2cc(C)nc3c2c(C)cn3-c2c(C)cc(Br)cc2C)CC1.Cc1cc(N2CCC(CCI)CC2)c2c(C)cn(-c3c(C)cc(Br)cc3C)c2n1. The van der Waals surface area contributed by atoms with Crippen molar-refractivity contribution in [2.45, 2.75) is 101 Å². The number of fused-ring (bicyclic) bond motifs is 2. The van der Waals surface area contributed by atoms with Crippen molar-refractivity contribution >= 4 is 95.3 Å². The third-order valence-corrected chi connectivity index (χ3v) is 16.7. The number of hydrogen-bond donors (Lipinski definition) is 0. The van der Waals surface area contributed by atoms with Gasteiger partial charge in [0.1, 0.15) is 11.3 Å². The second kappa shape index (κ2) is 20.4. The van der Waals surface area contributed by atoms with Gasteiger partial charge in [-0.3, -0.25) is 4.57 Å². The lowest BCUT2D eigenvalue weighted by Gasteiger charge is -2.34. The highest BCUT2D eigenvalue weighted by molar-refractivity contribution is 14.1. The third-order valence-electron chi connectivity index (χ3n) is 13.3. The van der Waals surface area contributed by atoms with Crippen LogP contribution in [0, 0.1) is 67.2 Å². The van der Waals surface area contributed by atoms with Crippen molar-refractivity contribution in [2.75, 3.05) is 59.8 Å². The molecule has 6 heterocycles. The minimum Gasteiger partial charge on any atom is -0.371 e. The van der Waals surface area contributed by atoms with E-state index in [4.69, 9.17) is 14.5 Å². The van der Waals surface area contributed by atoms with E-state index in [1.165, 1.54) is 90.6 Å². The Morgan fingerprint density at radius 1 is 0.635 bits per heavy atom. The average Bonchev–Trinajstić information content (AvgIpc) is 3.71. The number of aromatic nitrogens is 4. The number of nitrogens with zero attached hydrogens (tertiary/aromatic N) is 6. The fraction of sp³-hybridized carbons (Fsp3) is 0.490. The van der Waals surface area contributed by atoms with E-state index in [0.29, 0.717) is 18.7 Å². The number of anilines is 2. The molecule has 0 radical (unpaired) electrons. The molecule has 0 amide bonds. The number of benzene rings is 2. The van der Waals surface area contributed by atoms with Gasteiger partial charge in [0, 0.05) is 93.9 Å².